The van der Waals surface area contributed by atoms with Gasteiger partial charge in [-0.2, -0.15) is 5.26 Å². The van der Waals surface area contributed by atoms with E-state index in [1.54, 1.807) is 26.0 Å². The Labute approximate surface area is 81.9 Å². The Morgan fingerprint density at radius 2 is 2.21 bits per heavy atom. The van der Waals surface area contributed by atoms with Crippen molar-refractivity contribution in [2.24, 2.45) is 0 Å². The Kier molecular flexibility index (Phi) is 2.82. The molecule has 0 N–H and O–H groups in total. The van der Waals surface area contributed by atoms with Crippen molar-refractivity contribution >= 4 is 5.69 Å². The average molecular weight is 190 g/mol. The molecule has 0 saturated carbocycles. The van der Waals surface area contributed by atoms with Crippen LogP contribution in [0.3, 0.4) is 0 Å². The fraction of sp³-hybridized carbons (Fsp3) is 0.300. The summed E-state index contributed by atoms with van der Waals surface area (Å²) in [7, 11) is 0. The molecule has 0 saturated heterocycles. The fourth-order valence-electron chi connectivity index (χ4n) is 1.45. The summed E-state index contributed by atoms with van der Waals surface area (Å²) in [6.45, 7) is 3.44. The van der Waals surface area contributed by atoms with Crippen LogP contribution < -0.4 is 0 Å². The standard InChI is InChI=1S/C10H10N2O2/c1-7-4-3-5-9(12(13)14)10(7)8(2)6-11/h3-5,8H,1-2H3. The van der Waals surface area contributed by atoms with Gasteiger partial charge in [0.2, 0.25) is 0 Å². The highest BCUT2D eigenvalue weighted by molar-refractivity contribution is 5.48. The maximum Gasteiger partial charge on any atom is 0.274 e. The predicted octanol–water partition coefficient (Wildman–Crippen LogP) is 2.53. The lowest BCUT2D eigenvalue weighted by Crippen LogP contribution is -2.00. The van der Waals surface area contributed by atoms with Crippen molar-refractivity contribution in [2.45, 2.75) is 19.8 Å². The fourth-order valence-corrected chi connectivity index (χ4v) is 1.45. The van der Waals surface area contributed by atoms with E-state index in [0.717, 1.165) is 5.56 Å². The molecule has 14 heavy (non-hydrogen) atoms. The number of nitriles is 1. The van der Waals surface area contributed by atoms with Crippen molar-refractivity contribution in [1.29, 1.82) is 5.26 Å². The molecule has 1 aromatic carbocycles. The van der Waals surface area contributed by atoms with E-state index in [4.69, 9.17) is 5.26 Å². The molecular weight excluding hydrogens is 180 g/mol. The van der Waals surface area contributed by atoms with E-state index in [9.17, 15) is 10.1 Å². The molecule has 0 amide bonds. The summed E-state index contributed by atoms with van der Waals surface area (Å²) in [5, 5.41) is 19.4. The molecule has 0 heterocycles. The molecular formula is C10H10N2O2. The first kappa shape index (κ1) is 10.2. The minimum absolute atomic E-state index is 0.0269. The third-order valence-electron chi connectivity index (χ3n) is 2.12. The Morgan fingerprint density at radius 1 is 1.57 bits per heavy atom. The van der Waals surface area contributed by atoms with Gasteiger partial charge in [0.05, 0.1) is 16.9 Å². The van der Waals surface area contributed by atoms with E-state index >= 15 is 0 Å². The van der Waals surface area contributed by atoms with Crippen molar-refractivity contribution in [3.8, 4) is 6.07 Å². The number of nitro groups is 1. The summed E-state index contributed by atoms with van der Waals surface area (Å²) in [4.78, 5) is 10.2. The van der Waals surface area contributed by atoms with E-state index in [0.29, 0.717) is 5.56 Å². The molecule has 1 atom stereocenters. The largest absolute Gasteiger partial charge is 0.274 e. The van der Waals surface area contributed by atoms with E-state index in [1.807, 2.05) is 6.07 Å². The quantitative estimate of drug-likeness (QED) is 0.531. The van der Waals surface area contributed by atoms with Gasteiger partial charge in [0.25, 0.3) is 5.69 Å². The first-order valence-electron chi connectivity index (χ1n) is 4.21. The number of nitro benzene ring substituents is 1. The third-order valence-corrected chi connectivity index (χ3v) is 2.12. The normalized spacial score (nSPS) is 11.8. The second-order valence-electron chi connectivity index (χ2n) is 3.12. The van der Waals surface area contributed by atoms with Gasteiger partial charge in [-0.3, -0.25) is 10.1 Å². The van der Waals surface area contributed by atoms with Gasteiger partial charge >= 0.3 is 0 Å². The van der Waals surface area contributed by atoms with Crippen LogP contribution in [0.2, 0.25) is 0 Å². The van der Waals surface area contributed by atoms with Crippen LogP contribution in [0.1, 0.15) is 24.0 Å². The summed E-state index contributed by atoms with van der Waals surface area (Å²) < 4.78 is 0. The van der Waals surface area contributed by atoms with Gasteiger partial charge in [-0.25, -0.2) is 0 Å². The van der Waals surface area contributed by atoms with Crippen molar-refractivity contribution < 1.29 is 4.92 Å². The lowest BCUT2D eigenvalue weighted by atomic mass is 9.96. The zero-order valence-corrected chi connectivity index (χ0v) is 8.02. The summed E-state index contributed by atoms with van der Waals surface area (Å²) in [6, 6.07) is 6.84. The monoisotopic (exact) mass is 190 g/mol. The van der Waals surface area contributed by atoms with E-state index < -0.39 is 10.8 Å². The topological polar surface area (TPSA) is 66.9 Å². The van der Waals surface area contributed by atoms with E-state index in [1.165, 1.54) is 6.07 Å². The van der Waals surface area contributed by atoms with Crippen LogP contribution in [0.15, 0.2) is 18.2 Å². The molecule has 0 spiro atoms. The van der Waals surface area contributed by atoms with Crippen LogP contribution in [0.5, 0.6) is 0 Å². The minimum atomic E-state index is -0.448. The lowest BCUT2D eigenvalue weighted by molar-refractivity contribution is -0.385. The van der Waals surface area contributed by atoms with Gasteiger partial charge in [0.15, 0.2) is 0 Å². The van der Waals surface area contributed by atoms with Crippen LogP contribution in [-0.2, 0) is 0 Å². The summed E-state index contributed by atoms with van der Waals surface area (Å²) in [5.74, 6) is -0.448. The number of aryl methyl sites for hydroxylation is 1. The van der Waals surface area contributed by atoms with Crippen molar-refractivity contribution in [3.63, 3.8) is 0 Å². The average Bonchev–Trinajstić information content (AvgIpc) is 2.16. The highest BCUT2D eigenvalue weighted by Crippen LogP contribution is 2.28. The molecule has 0 aromatic heterocycles. The zero-order valence-electron chi connectivity index (χ0n) is 8.02. The van der Waals surface area contributed by atoms with Crippen molar-refractivity contribution in [1.82, 2.24) is 0 Å². The molecule has 1 aromatic rings. The number of hydrogen-bond donors (Lipinski definition) is 0. The lowest BCUT2D eigenvalue weighted by Gasteiger charge is -2.07. The molecule has 1 rings (SSSR count). The first-order chi connectivity index (χ1) is 6.57. The Balaban J connectivity index is 3.38. The highest BCUT2D eigenvalue weighted by Gasteiger charge is 2.20. The van der Waals surface area contributed by atoms with Crippen LogP contribution >= 0.6 is 0 Å². The molecule has 0 bridgehead atoms. The van der Waals surface area contributed by atoms with Gasteiger partial charge in [-0.15, -0.1) is 0 Å². The van der Waals surface area contributed by atoms with Crippen LogP contribution in [0.25, 0.3) is 0 Å². The predicted molar refractivity (Wildman–Crippen MR) is 51.9 cm³/mol. The SMILES string of the molecule is Cc1cccc([N+](=O)[O-])c1C(C)C#N. The smallest absolute Gasteiger partial charge is 0.258 e. The highest BCUT2D eigenvalue weighted by atomic mass is 16.6. The third kappa shape index (κ3) is 1.72. The molecule has 1 unspecified atom stereocenters. The molecule has 72 valence electrons. The maximum atomic E-state index is 10.7. The number of hydrogen-bond acceptors (Lipinski definition) is 3. The van der Waals surface area contributed by atoms with E-state index in [2.05, 4.69) is 0 Å². The van der Waals surface area contributed by atoms with E-state index in [-0.39, 0.29) is 5.69 Å². The van der Waals surface area contributed by atoms with Gasteiger partial charge in [-0.05, 0) is 19.4 Å². The molecule has 0 radical (unpaired) electrons. The summed E-state index contributed by atoms with van der Waals surface area (Å²) in [5.41, 5.74) is 1.33. The summed E-state index contributed by atoms with van der Waals surface area (Å²) in [6.07, 6.45) is 0. The van der Waals surface area contributed by atoms with Crippen LogP contribution in [0, 0.1) is 28.4 Å². The minimum Gasteiger partial charge on any atom is -0.258 e. The molecule has 4 nitrogen and oxygen atoms in total. The molecule has 0 aliphatic rings. The Morgan fingerprint density at radius 3 is 2.71 bits per heavy atom. The molecule has 0 aliphatic heterocycles. The molecule has 0 fully saturated rings. The van der Waals surface area contributed by atoms with Crippen LogP contribution in [0.4, 0.5) is 5.69 Å². The number of benzene rings is 1. The van der Waals surface area contributed by atoms with Gasteiger partial charge in [-0.1, -0.05) is 12.1 Å². The second kappa shape index (κ2) is 3.88. The zero-order chi connectivity index (χ0) is 10.7. The van der Waals surface area contributed by atoms with Crippen molar-refractivity contribution in [2.75, 3.05) is 0 Å². The molecule has 4 heteroatoms. The summed E-state index contributed by atoms with van der Waals surface area (Å²) >= 11 is 0. The van der Waals surface area contributed by atoms with Crippen molar-refractivity contribution in [3.05, 3.63) is 39.4 Å². The Hall–Kier alpha value is -1.89. The second-order valence-corrected chi connectivity index (χ2v) is 3.12. The maximum absolute atomic E-state index is 10.7. The molecule has 0 aliphatic carbocycles. The first-order valence-corrected chi connectivity index (χ1v) is 4.21. The van der Waals surface area contributed by atoms with Gasteiger partial charge in [0.1, 0.15) is 0 Å². The number of nitrogens with zero attached hydrogens (tertiary/aromatic N) is 2. The van der Waals surface area contributed by atoms with Gasteiger partial charge in [0, 0.05) is 11.6 Å². The Bertz CT molecular complexity index is 407. The van der Waals surface area contributed by atoms with Crippen LogP contribution in [-0.4, -0.2) is 4.92 Å². The number of rotatable bonds is 2. The van der Waals surface area contributed by atoms with Gasteiger partial charge < -0.3 is 0 Å².